The average molecular weight is 173 g/mol. The smallest absolute Gasteiger partial charge is 0.0745 e. The van der Waals surface area contributed by atoms with E-state index < -0.39 is 0 Å². The minimum absolute atomic E-state index is 0.156. The highest BCUT2D eigenvalue weighted by atomic mass is 16.5. The van der Waals surface area contributed by atoms with Crippen LogP contribution in [0, 0.1) is 11.3 Å². The Hall–Kier alpha value is -0.0800. The molecular weight excluding hydrogens is 150 g/mol. The van der Waals surface area contributed by atoms with E-state index in [9.17, 15) is 0 Å². The van der Waals surface area contributed by atoms with Crippen LogP contribution in [0.5, 0.6) is 0 Å². The van der Waals surface area contributed by atoms with Crippen LogP contribution < -0.4 is 5.73 Å². The number of nitrogens with two attached hydrogens (primary N) is 1. The first-order valence-electron chi connectivity index (χ1n) is 4.69. The molecule has 2 N–H and O–H groups in total. The Morgan fingerprint density at radius 2 is 1.75 bits per heavy atom. The fraction of sp³-hybridized carbons (Fsp3) is 1.00. The van der Waals surface area contributed by atoms with Crippen LogP contribution in [-0.2, 0) is 4.74 Å². The third-order valence-corrected chi connectivity index (χ3v) is 1.81. The van der Waals surface area contributed by atoms with Gasteiger partial charge in [-0.25, -0.2) is 0 Å². The summed E-state index contributed by atoms with van der Waals surface area (Å²) in [7, 11) is 0. The van der Waals surface area contributed by atoms with Gasteiger partial charge in [-0.3, -0.25) is 0 Å². The summed E-state index contributed by atoms with van der Waals surface area (Å²) in [5.74, 6) is 0.585. The highest BCUT2D eigenvalue weighted by molar-refractivity contribution is 4.75. The van der Waals surface area contributed by atoms with Crippen molar-refractivity contribution in [3.8, 4) is 0 Å². The van der Waals surface area contributed by atoms with E-state index in [2.05, 4.69) is 34.6 Å². The third kappa shape index (κ3) is 4.73. The van der Waals surface area contributed by atoms with E-state index in [1.807, 2.05) is 0 Å². The van der Waals surface area contributed by atoms with Crippen LogP contribution in [0.25, 0.3) is 0 Å². The normalized spacial score (nSPS) is 15.2. The van der Waals surface area contributed by atoms with Crippen LogP contribution in [0.2, 0.25) is 0 Å². The monoisotopic (exact) mass is 173 g/mol. The van der Waals surface area contributed by atoms with Gasteiger partial charge in [-0.2, -0.15) is 0 Å². The van der Waals surface area contributed by atoms with Gasteiger partial charge in [-0.05, 0) is 11.3 Å². The van der Waals surface area contributed by atoms with E-state index in [0.29, 0.717) is 12.5 Å². The molecule has 74 valence electrons. The molecule has 0 aromatic rings. The quantitative estimate of drug-likeness (QED) is 0.706. The first-order valence-corrected chi connectivity index (χ1v) is 4.69. The molecule has 0 aliphatic rings. The summed E-state index contributed by atoms with van der Waals surface area (Å²) in [6, 6.07) is 0. The fourth-order valence-electron chi connectivity index (χ4n) is 0.980. The second kappa shape index (κ2) is 4.83. The first-order chi connectivity index (χ1) is 5.38. The maximum atomic E-state index is 5.69. The van der Waals surface area contributed by atoms with Gasteiger partial charge in [0.2, 0.25) is 0 Å². The summed E-state index contributed by atoms with van der Waals surface area (Å²) < 4.78 is 5.69. The lowest BCUT2D eigenvalue weighted by Gasteiger charge is -2.30. The van der Waals surface area contributed by atoms with Gasteiger partial charge in [0.25, 0.3) is 0 Å². The number of hydrogen-bond acceptors (Lipinski definition) is 2. The lowest BCUT2D eigenvalue weighted by Crippen LogP contribution is -2.37. The molecule has 1 atom stereocenters. The number of hydrogen-bond donors (Lipinski definition) is 1. The van der Waals surface area contributed by atoms with Crippen LogP contribution in [0.15, 0.2) is 0 Å². The Morgan fingerprint density at radius 1 is 1.25 bits per heavy atom. The molecule has 0 radical (unpaired) electrons. The molecule has 0 heterocycles. The van der Waals surface area contributed by atoms with Gasteiger partial charge in [0.15, 0.2) is 0 Å². The zero-order valence-corrected chi connectivity index (χ0v) is 9.05. The summed E-state index contributed by atoms with van der Waals surface area (Å²) in [4.78, 5) is 0. The van der Waals surface area contributed by atoms with E-state index >= 15 is 0 Å². The third-order valence-electron chi connectivity index (χ3n) is 1.81. The Balaban J connectivity index is 3.84. The summed E-state index contributed by atoms with van der Waals surface area (Å²) in [6.45, 7) is 12.2. The topological polar surface area (TPSA) is 35.2 Å². The van der Waals surface area contributed by atoms with Gasteiger partial charge in [0.1, 0.15) is 0 Å². The van der Waals surface area contributed by atoms with Gasteiger partial charge in [-0.15, -0.1) is 0 Å². The molecule has 0 aromatic heterocycles. The summed E-state index contributed by atoms with van der Waals surface area (Å²) in [6.07, 6.45) is 0.180. The fourth-order valence-corrected chi connectivity index (χ4v) is 0.980. The molecule has 0 aliphatic carbocycles. The van der Waals surface area contributed by atoms with Crippen molar-refractivity contribution in [2.45, 2.75) is 40.7 Å². The zero-order chi connectivity index (χ0) is 9.78. The molecule has 2 heteroatoms. The highest BCUT2D eigenvalue weighted by Gasteiger charge is 2.23. The van der Waals surface area contributed by atoms with E-state index in [0.717, 1.165) is 6.61 Å². The highest BCUT2D eigenvalue weighted by Crippen LogP contribution is 2.21. The molecule has 0 fully saturated rings. The molecule has 0 saturated carbocycles. The van der Waals surface area contributed by atoms with Gasteiger partial charge in [-0.1, -0.05) is 34.6 Å². The average Bonchev–Trinajstić information content (AvgIpc) is 1.85. The lowest BCUT2D eigenvalue weighted by atomic mass is 9.89. The van der Waals surface area contributed by atoms with Crippen molar-refractivity contribution >= 4 is 0 Å². The van der Waals surface area contributed by atoms with Crippen molar-refractivity contribution < 1.29 is 4.74 Å². The van der Waals surface area contributed by atoms with Crippen molar-refractivity contribution in [1.29, 1.82) is 0 Å². The summed E-state index contributed by atoms with van der Waals surface area (Å²) in [5.41, 5.74) is 5.78. The molecule has 1 unspecified atom stereocenters. The molecule has 0 amide bonds. The summed E-state index contributed by atoms with van der Waals surface area (Å²) in [5, 5.41) is 0. The number of rotatable bonds is 4. The van der Waals surface area contributed by atoms with Gasteiger partial charge in [0, 0.05) is 13.2 Å². The predicted molar refractivity (Wildman–Crippen MR) is 53.1 cm³/mol. The van der Waals surface area contributed by atoms with Crippen molar-refractivity contribution in [2.24, 2.45) is 17.1 Å². The molecule has 0 bridgehead atoms. The minimum atomic E-state index is 0.156. The maximum Gasteiger partial charge on any atom is 0.0745 e. The molecule has 0 rings (SSSR count). The molecular formula is C10H23NO. The van der Waals surface area contributed by atoms with Gasteiger partial charge in [0.05, 0.1) is 6.10 Å². The van der Waals surface area contributed by atoms with Crippen LogP contribution in [0.3, 0.4) is 0 Å². The molecule has 0 saturated heterocycles. The first kappa shape index (κ1) is 11.9. The second-order valence-corrected chi connectivity index (χ2v) is 4.82. The zero-order valence-electron chi connectivity index (χ0n) is 9.05. The van der Waals surface area contributed by atoms with E-state index in [1.54, 1.807) is 0 Å². The Morgan fingerprint density at radius 3 is 2.00 bits per heavy atom. The van der Waals surface area contributed by atoms with Crippen LogP contribution >= 0.6 is 0 Å². The standard InChI is InChI=1S/C10H23NO/c1-8(2)7-12-9(6-11)10(3,4)5/h8-9H,6-7,11H2,1-5H3. The van der Waals surface area contributed by atoms with E-state index in [-0.39, 0.29) is 11.5 Å². The van der Waals surface area contributed by atoms with Gasteiger partial charge >= 0.3 is 0 Å². The molecule has 0 aromatic carbocycles. The largest absolute Gasteiger partial charge is 0.376 e. The number of ether oxygens (including phenoxy) is 1. The predicted octanol–water partition coefficient (Wildman–Crippen LogP) is 2.03. The van der Waals surface area contributed by atoms with Crippen molar-refractivity contribution in [1.82, 2.24) is 0 Å². The van der Waals surface area contributed by atoms with E-state index in [1.165, 1.54) is 0 Å². The second-order valence-electron chi connectivity index (χ2n) is 4.82. The van der Waals surface area contributed by atoms with Crippen LogP contribution in [0.4, 0.5) is 0 Å². The summed E-state index contributed by atoms with van der Waals surface area (Å²) >= 11 is 0. The van der Waals surface area contributed by atoms with Crippen molar-refractivity contribution in [2.75, 3.05) is 13.2 Å². The molecule has 12 heavy (non-hydrogen) atoms. The van der Waals surface area contributed by atoms with Crippen LogP contribution in [0.1, 0.15) is 34.6 Å². The van der Waals surface area contributed by atoms with Crippen molar-refractivity contribution in [3.05, 3.63) is 0 Å². The molecule has 0 aliphatic heterocycles. The minimum Gasteiger partial charge on any atom is -0.376 e. The SMILES string of the molecule is CC(C)COC(CN)C(C)(C)C. The Kier molecular flexibility index (Phi) is 4.80. The maximum absolute atomic E-state index is 5.69. The Labute approximate surface area is 76.5 Å². The van der Waals surface area contributed by atoms with Crippen molar-refractivity contribution in [3.63, 3.8) is 0 Å². The molecule has 2 nitrogen and oxygen atoms in total. The Bertz CT molecular complexity index is 115. The van der Waals surface area contributed by atoms with E-state index in [4.69, 9.17) is 10.5 Å². The van der Waals surface area contributed by atoms with Gasteiger partial charge < -0.3 is 10.5 Å². The van der Waals surface area contributed by atoms with Crippen LogP contribution in [-0.4, -0.2) is 19.3 Å². The molecule has 0 spiro atoms. The lowest BCUT2D eigenvalue weighted by molar-refractivity contribution is -0.0229.